The fourth-order valence-corrected chi connectivity index (χ4v) is 11.0. The summed E-state index contributed by atoms with van der Waals surface area (Å²) < 4.78 is 9.27. The molecule has 0 bridgehead atoms. The molecule has 2 nitrogen and oxygen atoms in total. The molecular weight excluding hydrogens is 759 g/mol. The van der Waals surface area contributed by atoms with E-state index in [0.29, 0.717) is 0 Å². The average molecular weight is 794 g/mol. The van der Waals surface area contributed by atoms with Crippen molar-refractivity contribution in [2.45, 2.75) is 0 Å². The summed E-state index contributed by atoms with van der Waals surface area (Å²) in [5.41, 5.74) is 9.88. The number of rotatable bonds is 5. The van der Waals surface area contributed by atoms with Crippen LogP contribution in [0.5, 0.6) is 0 Å². The smallest absolute Gasteiger partial charge is 0.143 e. The highest BCUT2D eigenvalue weighted by Crippen LogP contribution is 2.47. The number of benzene rings is 11. The molecule has 0 saturated carbocycles. The van der Waals surface area contributed by atoms with E-state index in [0.717, 1.165) is 50.1 Å². The van der Waals surface area contributed by atoms with E-state index in [4.69, 9.17) is 4.42 Å². The zero-order valence-electron chi connectivity index (χ0n) is 33.0. The summed E-state index contributed by atoms with van der Waals surface area (Å²) in [4.78, 5) is 2.40. The maximum atomic E-state index is 6.64. The van der Waals surface area contributed by atoms with E-state index >= 15 is 0 Å². The Morgan fingerprint density at radius 3 is 1.44 bits per heavy atom. The quantitative estimate of drug-likeness (QED) is 0.161. The van der Waals surface area contributed by atoms with Crippen LogP contribution in [0.1, 0.15) is 0 Å². The molecule has 0 aliphatic carbocycles. The second-order valence-electron chi connectivity index (χ2n) is 16.0. The Bertz CT molecular complexity index is 3860. The minimum absolute atomic E-state index is 0.902. The zero-order chi connectivity index (χ0) is 40.0. The molecule has 0 saturated heterocycles. The maximum absolute atomic E-state index is 6.64. The number of thiophene rings is 1. The molecule has 0 spiro atoms. The van der Waals surface area contributed by atoms with E-state index in [1.807, 2.05) is 11.3 Å². The van der Waals surface area contributed by atoms with Crippen molar-refractivity contribution in [3.8, 4) is 22.3 Å². The molecule has 61 heavy (non-hydrogen) atoms. The second-order valence-corrected chi connectivity index (χ2v) is 17.0. The minimum atomic E-state index is 0.902. The van der Waals surface area contributed by atoms with Gasteiger partial charge in [-0.05, 0) is 109 Å². The predicted molar refractivity (Wildman–Crippen MR) is 262 cm³/mol. The van der Waals surface area contributed by atoms with E-state index < -0.39 is 0 Å². The van der Waals surface area contributed by atoms with Gasteiger partial charge in [0.15, 0.2) is 0 Å². The van der Waals surface area contributed by atoms with Crippen molar-refractivity contribution < 1.29 is 4.42 Å². The number of hydrogen-bond acceptors (Lipinski definition) is 3. The largest absolute Gasteiger partial charge is 0.455 e. The predicted octanol–water partition coefficient (Wildman–Crippen LogP) is 17.4. The van der Waals surface area contributed by atoms with Crippen LogP contribution in [0.15, 0.2) is 217 Å². The summed E-state index contributed by atoms with van der Waals surface area (Å²) in [6.07, 6.45) is 0. The Labute approximate surface area is 355 Å². The number of fused-ring (bicyclic) bond motifs is 16. The lowest BCUT2D eigenvalue weighted by atomic mass is 9.96. The van der Waals surface area contributed by atoms with Gasteiger partial charge in [0, 0.05) is 58.8 Å². The van der Waals surface area contributed by atoms with Crippen LogP contribution in [0.25, 0.3) is 107 Å². The van der Waals surface area contributed by atoms with Crippen molar-refractivity contribution in [2.24, 2.45) is 0 Å². The number of nitrogens with zero attached hydrogens (tertiary/aromatic N) is 1. The van der Waals surface area contributed by atoms with Crippen LogP contribution < -0.4 is 4.90 Å². The first-order valence-corrected chi connectivity index (χ1v) is 21.6. The molecule has 11 aromatic carbocycles. The highest BCUT2D eigenvalue weighted by Gasteiger charge is 2.20. The van der Waals surface area contributed by atoms with Gasteiger partial charge in [0.25, 0.3) is 0 Å². The van der Waals surface area contributed by atoms with Gasteiger partial charge in [-0.1, -0.05) is 158 Å². The summed E-state index contributed by atoms with van der Waals surface area (Å²) in [6.45, 7) is 0. The fraction of sp³-hybridized carbons (Fsp3) is 0. The Hall–Kier alpha value is -7.72. The topological polar surface area (TPSA) is 16.4 Å². The molecule has 2 aromatic heterocycles. The molecule has 0 fully saturated rings. The molecular formula is C58H35NOS. The standard InChI is InChI=1S/C58H35NOS/c1-2-12-36(13-3-1)37-22-27-40(28-23-37)59(42-31-33-54-52(35-42)56-48-19-9-5-15-44(48)46-17-7-11-21-50(46)58(56)61-54)41-29-24-38(25-30-41)39-26-32-53-51(34-39)55-47-18-8-4-14-43(47)45-16-6-10-20-49(45)57(55)60-53/h1-35H. The van der Waals surface area contributed by atoms with E-state index in [2.05, 4.69) is 217 Å². The van der Waals surface area contributed by atoms with E-state index in [1.54, 1.807) is 0 Å². The van der Waals surface area contributed by atoms with Crippen molar-refractivity contribution in [1.82, 2.24) is 0 Å². The fourth-order valence-electron chi connectivity index (χ4n) is 9.80. The normalized spacial score (nSPS) is 11.9. The Kier molecular flexibility index (Phi) is 7.51. The Morgan fingerprint density at radius 1 is 0.311 bits per heavy atom. The van der Waals surface area contributed by atoms with Crippen LogP contribution in [0.2, 0.25) is 0 Å². The summed E-state index contributed by atoms with van der Waals surface area (Å²) in [6, 6.07) is 77.3. The van der Waals surface area contributed by atoms with E-state index in [9.17, 15) is 0 Å². The molecule has 0 N–H and O–H groups in total. The lowest BCUT2D eigenvalue weighted by molar-refractivity contribution is 0.673. The first-order valence-electron chi connectivity index (χ1n) is 20.8. The molecule has 0 amide bonds. The molecule has 2 heterocycles. The van der Waals surface area contributed by atoms with Crippen molar-refractivity contribution in [2.75, 3.05) is 4.90 Å². The number of anilines is 3. The van der Waals surface area contributed by atoms with Gasteiger partial charge in [-0.25, -0.2) is 0 Å². The molecule has 13 rings (SSSR count). The van der Waals surface area contributed by atoms with E-state index in [-0.39, 0.29) is 0 Å². The molecule has 13 aromatic rings. The van der Waals surface area contributed by atoms with Crippen LogP contribution in [0.3, 0.4) is 0 Å². The van der Waals surface area contributed by atoms with Crippen LogP contribution in [0, 0.1) is 0 Å². The molecule has 0 unspecified atom stereocenters. The van der Waals surface area contributed by atoms with Crippen LogP contribution >= 0.6 is 11.3 Å². The number of furan rings is 1. The summed E-state index contributed by atoms with van der Waals surface area (Å²) in [7, 11) is 0. The summed E-state index contributed by atoms with van der Waals surface area (Å²) in [5, 5.41) is 14.9. The monoisotopic (exact) mass is 793 g/mol. The summed E-state index contributed by atoms with van der Waals surface area (Å²) in [5.74, 6) is 0. The summed E-state index contributed by atoms with van der Waals surface area (Å²) >= 11 is 1.89. The minimum Gasteiger partial charge on any atom is -0.455 e. The van der Waals surface area contributed by atoms with Crippen molar-refractivity contribution in [1.29, 1.82) is 0 Å². The van der Waals surface area contributed by atoms with Gasteiger partial charge in [-0.3, -0.25) is 0 Å². The molecule has 0 aliphatic rings. The van der Waals surface area contributed by atoms with Crippen molar-refractivity contribution in [3.05, 3.63) is 212 Å². The number of hydrogen-bond donors (Lipinski definition) is 0. The molecule has 0 aliphatic heterocycles. The second kappa shape index (κ2) is 13.4. The zero-order valence-corrected chi connectivity index (χ0v) is 33.8. The third-order valence-electron chi connectivity index (χ3n) is 12.6. The van der Waals surface area contributed by atoms with Gasteiger partial charge in [-0.15, -0.1) is 11.3 Å². The Balaban J connectivity index is 0.969. The van der Waals surface area contributed by atoms with Gasteiger partial charge in [-0.2, -0.15) is 0 Å². The molecule has 0 radical (unpaired) electrons. The SMILES string of the molecule is c1ccc(-c2ccc(N(c3ccc(-c4ccc5oc6c7ccccc7c7ccccc7c6c5c4)cc3)c3ccc4sc5c6ccccc6c6ccccc6c5c4c3)cc2)cc1. The molecule has 3 heteroatoms. The molecule has 284 valence electrons. The highest BCUT2D eigenvalue weighted by molar-refractivity contribution is 7.27. The Morgan fingerprint density at radius 2 is 0.787 bits per heavy atom. The highest BCUT2D eigenvalue weighted by atomic mass is 32.1. The van der Waals surface area contributed by atoms with Crippen LogP contribution in [0.4, 0.5) is 17.1 Å². The first kappa shape index (κ1) is 34.2. The third-order valence-corrected chi connectivity index (χ3v) is 13.8. The lowest BCUT2D eigenvalue weighted by Crippen LogP contribution is -2.09. The van der Waals surface area contributed by atoms with Crippen LogP contribution in [-0.4, -0.2) is 0 Å². The van der Waals surface area contributed by atoms with Crippen molar-refractivity contribution in [3.63, 3.8) is 0 Å². The van der Waals surface area contributed by atoms with Gasteiger partial charge in [0.2, 0.25) is 0 Å². The van der Waals surface area contributed by atoms with Gasteiger partial charge in [0.05, 0.1) is 0 Å². The molecule has 0 atom stereocenters. The average Bonchev–Trinajstić information content (AvgIpc) is 3.92. The van der Waals surface area contributed by atoms with Gasteiger partial charge < -0.3 is 9.32 Å². The van der Waals surface area contributed by atoms with E-state index in [1.165, 1.54) is 74.4 Å². The first-order chi connectivity index (χ1) is 30.2. The van der Waals surface area contributed by atoms with Gasteiger partial charge >= 0.3 is 0 Å². The van der Waals surface area contributed by atoms with Crippen LogP contribution in [-0.2, 0) is 0 Å². The van der Waals surface area contributed by atoms with Crippen molar-refractivity contribution >= 4 is 114 Å². The lowest BCUT2D eigenvalue weighted by Gasteiger charge is -2.26. The maximum Gasteiger partial charge on any atom is 0.143 e. The van der Waals surface area contributed by atoms with Gasteiger partial charge in [0.1, 0.15) is 11.2 Å². The third kappa shape index (κ3) is 5.28.